The van der Waals surface area contributed by atoms with Gasteiger partial charge in [0.05, 0.1) is 4.92 Å². The van der Waals surface area contributed by atoms with E-state index in [2.05, 4.69) is 15.3 Å². The number of nitrogens with zero attached hydrogens (tertiary/aromatic N) is 3. The lowest BCUT2D eigenvalue weighted by atomic mass is 10.1. The maximum atomic E-state index is 11.3. The molecule has 1 heterocycles. The number of hydrogen-bond donors (Lipinski definition) is 2. The highest BCUT2D eigenvalue weighted by Crippen LogP contribution is 2.23. The van der Waals surface area contributed by atoms with Crippen LogP contribution < -0.4 is 5.32 Å². The van der Waals surface area contributed by atoms with Gasteiger partial charge in [-0.2, -0.15) is 0 Å². The molecule has 0 radical (unpaired) electrons. The number of carbonyl (C=O) groups excluding carboxylic acids is 1. The summed E-state index contributed by atoms with van der Waals surface area (Å²) in [7, 11) is 0. The third kappa shape index (κ3) is 4.26. The second kappa shape index (κ2) is 7.51. The van der Waals surface area contributed by atoms with Crippen molar-refractivity contribution in [1.82, 2.24) is 15.3 Å². The topological polar surface area (TPSA) is 135 Å². The molecule has 0 aliphatic rings. The summed E-state index contributed by atoms with van der Waals surface area (Å²) < 4.78 is 0. The number of amides is 1. The summed E-state index contributed by atoms with van der Waals surface area (Å²) in [5.74, 6) is -1.51. The molecule has 9 nitrogen and oxygen atoms in total. The van der Waals surface area contributed by atoms with Crippen LogP contribution >= 0.6 is 0 Å². The number of aryl methyl sites for hydroxylation is 2. The summed E-state index contributed by atoms with van der Waals surface area (Å²) in [5.41, 5.74) is 1.50. The average molecular weight is 356 g/mol. The first-order valence-corrected chi connectivity index (χ1v) is 7.51. The molecular weight excluding hydrogens is 340 g/mol. The Hall–Kier alpha value is -3.62. The zero-order valence-corrected chi connectivity index (χ0v) is 14.3. The number of rotatable bonds is 5. The predicted molar refractivity (Wildman–Crippen MR) is 93.0 cm³/mol. The molecule has 26 heavy (non-hydrogen) atoms. The monoisotopic (exact) mass is 356 g/mol. The normalized spacial score (nSPS) is 11.1. The number of carboxylic acid groups (broad SMARTS) is 1. The van der Waals surface area contributed by atoms with Gasteiger partial charge in [-0.3, -0.25) is 14.9 Å². The number of aromatic nitrogens is 2. The highest BCUT2D eigenvalue weighted by molar-refractivity contribution is 5.96. The molecule has 0 unspecified atom stereocenters. The van der Waals surface area contributed by atoms with Gasteiger partial charge in [0.1, 0.15) is 5.70 Å². The summed E-state index contributed by atoms with van der Waals surface area (Å²) in [6.45, 7) is 4.53. The van der Waals surface area contributed by atoms with Crippen LogP contribution in [-0.2, 0) is 9.59 Å². The van der Waals surface area contributed by atoms with Crippen LogP contribution in [0.1, 0.15) is 23.9 Å². The van der Waals surface area contributed by atoms with E-state index in [4.69, 9.17) is 0 Å². The van der Waals surface area contributed by atoms with Gasteiger partial charge in [-0.05, 0) is 19.9 Å². The van der Waals surface area contributed by atoms with Gasteiger partial charge < -0.3 is 10.4 Å². The van der Waals surface area contributed by atoms with Crippen molar-refractivity contribution in [2.24, 2.45) is 0 Å². The molecule has 0 fully saturated rings. The summed E-state index contributed by atoms with van der Waals surface area (Å²) in [6.07, 6.45) is 1.28. The smallest absolute Gasteiger partial charge is 0.352 e. The third-order valence-corrected chi connectivity index (χ3v) is 3.47. The van der Waals surface area contributed by atoms with E-state index in [1.54, 1.807) is 19.9 Å². The maximum absolute atomic E-state index is 11.3. The zero-order valence-electron chi connectivity index (χ0n) is 14.3. The Morgan fingerprint density at radius 2 is 1.85 bits per heavy atom. The largest absolute Gasteiger partial charge is 0.477 e. The highest BCUT2D eigenvalue weighted by Gasteiger charge is 2.15. The molecule has 0 saturated carbocycles. The maximum Gasteiger partial charge on any atom is 0.352 e. The van der Waals surface area contributed by atoms with Crippen LogP contribution in [0.15, 0.2) is 30.0 Å². The summed E-state index contributed by atoms with van der Waals surface area (Å²) >= 11 is 0. The van der Waals surface area contributed by atoms with Gasteiger partial charge in [-0.15, -0.1) is 0 Å². The molecule has 0 atom stereocenters. The Bertz CT molecular complexity index is 913. The van der Waals surface area contributed by atoms with Crippen LogP contribution in [0.5, 0.6) is 0 Å². The van der Waals surface area contributed by atoms with E-state index in [0.29, 0.717) is 22.5 Å². The van der Waals surface area contributed by atoms with Crippen molar-refractivity contribution >= 4 is 23.6 Å². The second-order valence-electron chi connectivity index (χ2n) is 5.48. The number of aliphatic carboxylic acids is 1. The first-order valence-electron chi connectivity index (χ1n) is 7.51. The van der Waals surface area contributed by atoms with Crippen LogP contribution in [0, 0.1) is 24.0 Å². The first kappa shape index (κ1) is 18.7. The molecule has 0 aliphatic carbocycles. The fourth-order valence-corrected chi connectivity index (χ4v) is 2.31. The van der Waals surface area contributed by atoms with E-state index in [1.807, 2.05) is 0 Å². The third-order valence-electron chi connectivity index (χ3n) is 3.47. The summed E-state index contributed by atoms with van der Waals surface area (Å²) in [4.78, 5) is 41.4. The molecule has 1 aromatic heterocycles. The molecule has 2 rings (SSSR count). The van der Waals surface area contributed by atoms with Crippen molar-refractivity contribution in [2.75, 3.05) is 0 Å². The van der Waals surface area contributed by atoms with E-state index >= 15 is 0 Å². The zero-order chi connectivity index (χ0) is 19.4. The van der Waals surface area contributed by atoms with E-state index in [-0.39, 0.29) is 17.2 Å². The molecule has 1 aromatic carbocycles. The highest BCUT2D eigenvalue weighted by atomic mass is 16.6. The summed E-state index contributed by atoms with van der Waals surface area (Å²) in [6, 6.07) is 5.92. The van der Waals surface area contributed by atoms with Crippen LogP contribution in [0.4, 0.5) is 5.69 Å². The number of non-ortho nitro benzene ring substituents is 1. The van der Waals surface area contributed by atoms with Gasteiger partial charge in [0, 0.05) is 41.6 Å². The minimum atomic E-state index is -1.29. The number of carboxylic acids is 1. The van der Waals surface area contributed by atoms with E-state index in [0.717, 1.165) is 0 Å². The average Bonchev–Trinajstić information content (AvgIpc) is 2.56. The lowest BCUT2D eigenvalue weighted by molar-refractivity contribution is -0.384. The molecule has 0 saturated heterocycles. The number of nitrogens with one attached hydrogen (secondary N) is 1. The van der Waals surface area contributed by atoms with Gasteiger partial charge in [-0.1, -0.05) is 12.1 Å². The van der Waals surface area contributed by atoms with Gasteiger partial charge >= 0.3 is 5.97 Å². The molecule has 0 spiro atoms. The van der Waals surface area contributed by atoms with Gasteiger partial charge in [0.25, 0.3) is 5.69 Å². The van der Waals surface area contributed by atoms with Crippen molar-refractivity contribution in [3.63, 3.8) is 0 Å². The second-order valence-corrected chi connectivity index (χ2v) is 5.48. The molecule has 0 aliphatic heterocycles. The first-order chi connectivity index (χ1) is 12.2. The summed E-state index contributed by atoms with van der Waals surface area (Å²) in [5, 5.41) is 22.3. The van der Waals surface area contributed by atoms with E-state index in [9.17, 15) is 24.8 Å². The number of hydrogen-bond acceptors (Lipinski definition) is 6. The van der Waals surface area contributed by atoms with E-state index < -0.39 is 16.8 Å². The van der Waals surface area contributed by atoms with Gasteiger partial charge in [0.15, 0.2) is 5.82 Å². The fourth-order valence-electron chi connectivity index (χ4n) is 2.31. The van der Waals surface area contributed by atoms with Crippen LogP contribution in [0.3, 0.4) is 0 Å². The fraction of sp³-hybridized carbons (Fsp3) is 0.176. The van der Waals surface area contributed by atoms with Crippen LogP contribution in [-0.4, -0.2) is 31.9 Å². The lowest BCUT2D eigenvalue weighted by Crippen LogP contribution is -2.24. The van der Waals surface area contributed by atoms with Gasteiger partial charge in [-0.25, -0.2) is 14.8 Å². The van der Waals surface area contributed by atoms with Crippen LogP contribution in [0.25, 0.3) is 17.5 Å². The van der Waals surface area contributed by atoms with Gasteiger partial charge in [0.2, 0.25) is 5.91 Å². The van der Waals surface area contributed by atoms with Crippen molar-refractivity contribution < 1.29 is 19.6 Å². The standard InChI is InChI=1S/C17H16N4O5/c1-9-14(8-15(17(23)24)20-11(3)22)10(2)19-16(18-9)12-5-4-6-13(7-12)21(25)26/h4-8H,1-3H3,(H,20,22)(H,23,24)/b15-8+. The molecule has 1 amide bonds. The van der Waals surface area contributed by atoms with Crippen molar-refractivity contribution in [2.45, 2.75) is 20.8 Å². The van der Waals surface area contributed by atoms with Crippen molar-refractivity contribution in [3.8, 4) is 11.4 Å². The number of benzene rings is 1. The van der Waals surface area contributed by atoms with E-state index in [1.165, 1.54) is 31.2 Å². The molecule has 9 heteroatoms. The molecule has 2 aromatic rings. The number of carbonyl (C=O) groups is 2. The minimum Gasteiger partial charge on any atom is -0.477 e. The Labute approximate surface area is 148 Å². The molecule has 2 N–H and O–H groups in total. The lowest BCUT2D eigenvalue weighted by Gasteiger charge is -2.10. The molecule has 0 bridgehead atoms. The Morgan fingerprint density at radius 1 is 1.23 bits per heavy atom. The molecular formula is C17H16N4O5. The Kier molecular flexibility index (Phi) is 5.41. The predicted octanol–water partition coefficient (Wildman–Crippen LogP) is 2.23. The minimum absolute atomic E-state index is 0.0794. The van der Waals surface area contributed by atoms with Crippen molar-refractivity contribution in [1.29, 1.82) is 0 Å². The quantitative estimate of drug-likeness (QED) is 0.476. The Balaban J connectivity index is 2.51. The SMILES string of the molecule is CC(=O)N/C(=C/c1c(C)nc(-c2cccc([N+](=O)[O-])c2)nc1C)C(=O)O. The van der Waals surface area contributed by atoms with Crippen molar-refractivity contribution in [3.05, 3.63) is 57.0 Å². The Morgan fingerprint density at radius 3 is 2.35 bits per heavy atom. The van der Waals surface area contributed by atoms with Crippen LogP contribution in [0.2, 0.25) is 0 Å². The number of nitro benzene ring substituents is 1. The molecule has 134 valence electrons. The number of nitro groups is 1.